The van der Waals surface area contributed by atoms with Gasteiger partial charge in [-0.2, -0.15) is 0 Å². The molecule has 0 aliphatic rings. The molecule has 0 fully saturated rings. The predicted molar refractivity (Wildman–Crippen MR) is 96.2 cm³/mol. The highest BCUT2D eigenvalue weighted by atomic mass is 16.5. The van der Waals surface area contributed by atoms with E-state index in [2.05, 4.69) is 10.6 Å². The fourth-order valence-corrected chi connectivity index (χ4v) is 2.25. The third kappa shape index (κ3) is 4.69. The van der Waals surface area contributed by atoms with Crippen molar-refractivity contribution in [3.63, 3.8) is 0 Å². The van der Waals surface area contributed by atoms with Crippen LogP contribution in [0.15, 0.2) is 36.4 Å². The van der Waals surface area contributed by atoms with E-state index in [4.69, 9.17) is 18.9 Å². The smallest absolute Gasteiger partial charge is 0.243 e. The van der Waals surface area contributed by atoms with Crippen LogP contribution in [0.5, 0.6) is 23.0 Å². The second-order valence-electron chi connectivity index (χ2n) is 5.04. The first-order valence-corrected chi connectivity index (χ1v) is 7.59. The maximum Gasteiger partial charge on any atom is 0.243 e. The summed E-state index contributed by atoms with van der Waals surface area (Å²) in [6.45, 7) is 0.0673. The lowest BCUT2D eigenvalue weighted by Gasteiger charge is -2.13. The zero-order chi connectivity index (χ0) is 18.2. The van der Waals surface area contributed by atoms with Gasteiger partial charge in [-0.1, -0.05) is 0 Å². The Hall–Kier alpha value is -3.09. The van der Waals surface area contributed by atoms with E-state index >= 15 is 0 Å². The average molecular weight is 346 g/mol. The SMILES string of the molecule is COc1ccc(OC)c(NCC(=O)Nc2ccc(OC)c(OC)c2)c1. The van der Waals surface area contributed by atoms with E-state index in [0.29, 0.717) is 34.4 Å². The van der Waals surface area contributed by atoms with Crippen LogP contribution >= 0.6 is 0 Å². The summed E-state index contributed by atoms with van der Waals surface area (Å²) in [5.74, 6) is 2.22. The topological polar surface area (TPSA) is 78.1 Å². The Morgan fingerprint density at radius 1 is 0.840 bits per heavy atom. The standard InChI is InChI=1S/C18H22N2O5/c1-22-13-6-8-15(23-2)14(10-13)19-11-18(21)20-12-5-7-16(24-3)17(9-12)25-4/h5-10,19H,11H2,1-4H3,(H,20,21). The first-order valence-electron chi connectivity index (χ1n) is 7.59. The molecule has 0 saturated heterocycles. The number of hydrogen-bond donors (Lipinski definition) is 2. The minimum absolute atomic E-state index is 0.0673. The highest BCUT2D eigenvalue weighted by Crippen LogP contribution is 2.30. The molecule has 2 rings (SSSR count). The van der Waals surface area contributed by atoms with Crippen molar-refractivity contribution in [3.8, 4) is 23.0 Å². The van der Waals surface area contributed by atoms with Crippen molar-refractivity contribution in [2.75, 3.05) is 45.6 Å². The number of methoxy groups -OCH3 is 4. The van der Waals surface area contributed by atoms with E-state index in [-0.39, 0.29) is 12.5 Å². The van der Waals surface area contributed by atoms with E-state index < -0.39 is 0 Å². The maximum absolute atomic E-state index is 12.2. The van der Waals surface area contributed by atoms with Gasteiger partial charge in [-0.15, -0.1) is 0 Å². The molecule has 2 aromatic carbocycles. The van der Waals surface area contributed by atoms with Crippen molar-refractivity contribution >= 4 is 17.3 Å². The van der Waals surface area contributed by atoms with E-state index in [9.17, 15) is 4.79 Å². The summed E-state index contributed by atoms with van der Waals surface area (Å²) in [4.78, 5) is 12.2. The molecule has 7 heteroatoms. The number of nitrogens with one attached hydrogen (secondary N) is 2. The van der Waals surface area contributed by atoms with Crippen molar-refractivity contribution in [1.82, 2.24) is 0 Å². The number of benzene rings is 2. The van der Waals surface area contributed by atoms with Crippen LogP contribution in [0.3, 0.4) is 0 Å². The molecule has 0 aromatic heterocycles. The highest BCUT2D eigenvalue weighted by molar-refractivity contribution is 5.94. The van der Waals surface area contributed by atoms with Crippen LogP contribution in [-0.4, -0.2) is 40.9 Å². The molecule has 134 valence electrons. The van der Waals surface area contributed by atoms with Gasteiger partial charge in [-0.3, -0.25) is 4.79 Å². The normalized spacial score (nSPS) is 9.92. The summed E-state index contributed by atoms with van der Waals surface area (Å²) >= 11 is 0. The lowest BCUT2D eigenvalue weighted by molar-refractivity contribution is -0.114. The third-order valence-corrected chi connectivity index (χ3v) is 3.51. The minimum Gasteiger partial charge on any atom is -0.497 e. The molecule has 0 atom stereocenters. The lowest BCUT2D eigenvalue weighted by atomic mass is 10.2. The fourth-order valence-electron chi connectivity index (χ4n) is 2.25. The second kappa shape index (κ2) is 8.68. The second-order valence-corrected chi connectivity index (χ2v) is 5.04. The molecule has 0 radical (unpaired) electrons. The van der Waals surface area contributed by atoms with E-state index in [0.717, 1.165) is 0 Å². The van der Waals surface area contributed by atoms with Crippen molar-refractivity contribution in [3.05, 3.63) is 36.4 Å². The minimum atomic E-state index is -0.211. The molecule has 0 aliphatic heterocycles. The first-order chi connectivity index (χ1) is 12.1. The van der Waals surface area contributed by atoms with Crippen LogP contribution in [0.2, 0.25) is 0 Å². The molecule has 2 aromatic rings. The Kier molecular flexibility index (Phi) is 6.33. The van der Waals surface area contributed by atoms with Crippen molar-refractivity contribution in [2.45, 2.75) is 0 Å². The van der Waals surface area contributed by atoms with Gasteiger partial charge in [0, 0.05) is 17.8 Å². The van der Waals surface area contributed by atoms with Crippen LogP contribution in [0.1, 0.15) is 0 Å². The quantitative estimate of drug-likeness (QED) is 0.765. The molecule has 0 aliphatic carbocycles. The van der Waals surface area contributed by atoms with Gasteiger partial charge in [0.05, 0.1) is 40.7 Å². The molecular formula is C18H22N2O5. The molecule has 0 spiro atoms. The van der Waals surface area contributed by atoms with Gasteiger partial charge in [-0.05, 0) is 24.3 Å². The predicted octanol–water partition coefficient (Wildman–Crippen LogP) is 2.77. The molecule has 1 amide bonds. The van der Waals surface area contributed by atoms with Gasteiger partial charge in [0.25, 0.3) is 0 Å². The van der Waals surface area contributed by atoms with Gasteiger partial charge in [0.2, 0.25) is 5.91 Å². The Morgan fingerprint density at radius 3 is 2.16 bits per heavy atom. The first kappa shape index (κ1) is 18.3. The summed E-state index contributed by atoms with van der Waals surface area (Å²) in [6, 6.07) is 10.5. The van der Waals surface area contributed by atoms with Crippen molar-refractivity contribution in [1.29, 1.82) is 0 Å². The highest BCUT2D eigenvalue weighted by Gasteiger charge is 2.09. The molecule has 0 heterocycles. The summed E-state index contributed by atoms with van der Waals surface area (Å²) < 4.78 is 20.8. The molecule has 0 bridgehead atoms. The van der Waals surface area contributed by atoms with E-state index in [1.165, 1.54) is 0 Å². The Balaban J connectivity index is 2.01. The zero-order valence-corrected chi connectivity index (χ0v) is 14.7. The Morgan fingerprint density at radius 2 is 1.52 bits per heavy atom. The van der Waals surface area contributed by atoms with Gasteiger partial charge in [0.15, 0.2) is 11.5 Å². The fraction of sp³-hybridized carbons (Fsp3) is 0.278. The van der Waals surface area contributed by atoms with Crippen molar-refractivity contribution < 1.29 is 23.7 Å². The molecule has 25 heavy (non-hydrogen) atoms. The number of hydrogen-bond acceptors (Lipinski definition) is 6. The van der Waals surface area contributed by atoms with E-state index in [1.54, 1.807) is 64.8 Å². The van der Waals surface area contributed by atoms with Crippen LogP contribution in [0, 0.1) is 0 Å². The van der Waals surface area contributed by atoms with Crippen LogP contribution in [0.4, 0.5) is 11.4 Å². The van der Waals surface area contributed by atoms with Crippen LogP contribution in [0.25, 0.3) is 0 Å². The number of carbonyl (C=O) groups is 1. The monoisotopic (exact) mass is 346 g/mol. The number of anilines is 2. The number of amides is 1. The molecule has 0 saturated carbocycles. The van der Waals surface area contributed by atoms with Crippen LogP contribution < -0.4 is 29.6 Å². The molecule has 7 nitrogen and oxygen atoms in total. The van der Waals surface area contributed by atoms with Gasteiger partial charge in [0.1, 0.15) is 11.5 Å². The molecular weight excluding hydrogens is 324 g/mol. The van der Waals surface area contributed by atoms with Gasteiger partial charge < -0.3 is 29.6 Å². The van der Waals surface area contributed by atoms with E-state index in [1.807, 2.05) is 0 Å². The Labute approximate surface area is 146 Å². The zero-order valence-electron chi connectivity index (χ0n) is 14.7. The summed E-state index contributed by atoms with van der Waals surface area (Å²) in [6.07, 6.45) is 0. The number of ether oxygens (including phenoxy) is 4. The molecule has 2 N–H and O–H groups in total. The molecule has 0 unspecified atom stereocenters. The lowest BCUT2D eigenvalue weighted by Crippen LogP contribution is -2.22. The van der Waals surface area contributed by atoms with Crippen LogP contribution in [-0.2, 0) is 4.79 Å². The average Bonchev–Trinajstić information content (AvgIpc) is 2.65. The summed E-state index contributed by atoms with van der Waals surface area (Å²) in [5, 5.41) is 5.83. The maximum atomic E-state index is 12.2. The Bertz CT molecular complexity index is 733. The van der Waals surface area contributed by atoms with Gasteiger partial charge >= 0.3 is 0 Å². The summed E-state index contributed by atoms with van der Waals surface area (Å²) in [5.41, 5.74) is 1.28. The summed E-state index contributed by atoms with van der Waals surface area (Å²) in [7, 11) is 6.24. The van der Waals surface area contributed by atoms with Gasteiger partial charge in [-0.25, -0.2) is 0 Å². The van der Waals surface area contributed by atoms with Crippen molar-refractivity contribution in [2.24, 2.45) is 0 Å². The third-order valence-electron chi connectivity index (χ3n) is 3.51. The number of carbonyl (C=O) groups excluding carboxylic acids is 1. The number of rotatable bonds is 8. The largest absolute Gasteiger partial charge is 0.497 e.